The molecule has 1 aliphatic heterocycles. The first-order chi connectivity index (χ1) is 13.6. The highest BCUT2D eigenvalue weighted by Gasteiger charge is 2.25. The van der Waals surface area contributed by atoms with Crippen LogP contribution in [0.15, 0.2) is 42.6 Å². The number of benzene rings is 2. The van der Waals surface area contributed by atoms with Gasteiger partial charge in [0, 0.05) is 43.3 Å². The van der Waals surface area contributed by atoms with Crippen molar-refractivity contribution in [1.82, 2.24) is 14.9 Å². The maximum Gasteiger partial charge on any atom is 0.256 e. The van der Waals surface area contributed by atoms with Gasteiger partial charge in [0.15, 0.2) is 5.13 Å². The van der Waals surface area contributed by atoms with E-state index in [-0.39, 0.29) is 5.91 Å². The van der Waals surface area contributed by atoms with Crippen LogP contribution in [0.3, 0.4) is 0 Å². The summed E-state index contributed by atoms with van der Waals surface area (Å²) in [5.74, 6) is 0.105. The summed E-state index contributed by atoms with van der Waals surface area (Å²) in [6.07, 6.45) is 1.83. The average Bonchev–Trinajstić information content (AvgIpc) is 3.35. The van der Waals surface area contributed by atoms with Gasteiger partial charge in [-0.2, -0.15) is 0 Å². The Morgan fingerprint density at radius 1 is 1.07 bits per heavy atom. The molecule has 3 heterocycles. The Morgan fingerprint density at radius 2 is 1.86 bits per heavy atom. The summed E-state index contributed by atoms with van der Waals surface area (Å²) in [5.41, 5.74) is 5.41. The van der Waals surface area contributed by atoms with Crippen LogP contribution in [0.1, 0.15) is 21.5 Å². The summed E-state index contributed by atoms with van der Waals surface area (Å²) < 4.78 is 1.23. The third kappa shape index (κ3) is 2.76. The molecular formula is C22H22N4OS. The van der Waals surface area contributed by atoms with E-state index >= 15 is 0 Å². The van der Waals surface area contributed by atoms with Gasteiger partial charge in [-0.05, 0) is 37.1 Å². The highest BCUT2D eigenvalue weighted by atomic mass is 32.1. The van der Waals surface area contributed by atoms with E-state index in [1.54, 1.807) is 11.3 Å². The minimum absolute atomic E-state index is 0.105. The predicted molar refractivity (Wildman–Crippen MR) is 116 cm³/mol. The molecule has 2 aromatic carbocycles. The van der Waals surface area contributed by atoms with Crippen molar-refractivity contribution in [2.24, 2.45) is 0 Å². The number of hydrogen-bond acceptors (Lipinski definition) is 4. The van der Waals surface area contributed by atoms with Crippen molar-refractivity contribution in [3.63, 3.8) is 0 Å². The number of aromatic amines is 1. The molecule has 1 aliphatic rings. The lowest BCUT2D eigenvalue weighted by atomic mass is 10.1. The number of H-pyrrole nitrogens is 1. The molecule has 0 bridgehead atoms. The first-order valence-electron chi connectivity index (χ1n) is 9.59. The first kappa shape index (κ1) is 17.3. The molecule has 0 unspecified atom stereocenters. The molecule has 0 saturated carbocycles. The van der Waals surface area contributed by atoms with Gasteiger partial charge < -0.3 is 14.8 Å². The number of rotatable bonds is 2. The monoisotopic (exact) mass is 390 g/mol. The normalized spacial score (nSPS) is 14.9. The summed E-state index contributed by atoms with van der Waals surface area (Å²) in [6, 6.07) is 12.3. The number of carbonyl (C=O) groups is 1. The van der Waals surface area contributed by atoms with Gasteiger partial charge in [0.2, 0.25) is 0 Å². The molecule has 0 spiro atoms. The summed E-state index contributed by atoms with van der Waals surface area (Å²) in [7, 11) is 0. The van der Waals surface area contributed by atoms with Gasteiger partial charge in [0.05, 0.1) is 15.8 Å². The van der Waals surface area contributed by atoms with E-state index in [1.807, 2.05) is 35.4 Å². The zero-order valence-corrected chi connectivity index (χ0v) is 16.8. The van der Waals surface area contributed by atoms with Crippen LogP contribution in [0.5, 0.6) is 0 Å². The Labute approximate surface area is 167 Å². The Hall–Kier alpha value is -2.86. The SMILES string of the molecule is Cc1ccc2sc(N3CCN(C(=O)c4c[nH]c5ccccc45)CC3)nc2c1C. The molecule has 5 rings (SSSR count). The van der Waals surface area contributed by atoms with E-state index in [2.05, 4.69) is 35.9 Å². The van der Waals surface area contributed by atoms with Crippen LogP contribution >= 0.6 is 11.3 Å². The number of hydrogen-bond donors (Lipinski definition) is 1. The summed E-state index contributed by atoms with van der Waals surface area (Å²) in [5, 5.41) is 2.05. The molecule has 1 amide bonds. The van der Waals surface area contributed by atoms with E-state index in [9.17, 15) is 4.79 Å². The van der Waals surface area contributed by atoms with Crippen LogP contribution in [-0.4, -0.2) is 47.0 Å². The molecule has 1 saturated heterocycles. The quantitative estimate of drug-likeness (QED) is 0.553. The molecule has 0 radical (unpaired) electrons. The number of aryl methyl sites for hydroxylation is 2. The molecule has 6 heteroatoms. The second-order valence-electron chi connectivity index (χ2n) is 7.38. The van der Waals surface area contributed by atoms with Crippen molar-refractivity contribution < 1.29 is 4.79 Å². The third-order valence-electron chi connectivity index (χ3n) is 5.73. The molecule has 1 N–H and O–H groups in total. The van der Waals surface area contributed by atoms with E-state index in [0.717, 1.165) is 40.2 Å². The van der Waals surface area contributed by atoms with Crippen molar-refractivity contribution in [3.05, 3.63) is 59.3 Å². The topological polar surface area (TPSA) is 52.2 Å². The minimum atomic E-state index is 0.105. The van der Waals surface area contributed by atoms with Crippen LogP contribution in [0.2, 0.25) is 0 Å². The maximum atomic E-state index is 13.0. The van der Waals surface area contributed by atoms with Gasteiger partial charge in [-0.25, -0.2) is 4.98 Å². The largest absolute Gasteiger partial charge is 0.360 e. The van der Waals surface area contributed by atoms with Crippen LogP contribution in [0.4, 0.5) is 5.13 Å². The fourth-order valence-corrected chi connectivity index (χ4v) is 4.95. The molecule has 0 aliphatic carbocycles. The van der Waals surface area contributed by atoms with Gasteiger partial charge in [-0.15, -0.1) is 0 Å². The fourth-order valence-electron chi connectivity index (χ4n) is 3.87. The van der Waals surface area contributed by atoms with Crippen molar-refractivity contribution in [1.29, 1.82) is 0 Å². The molecule has 0 atom stereocenters. The van der Waals surface area contributed by atoms with Crippen LogP contribution in [-0.2, 0) is 0 Å². The number of nitrogens with zero attached hydrogens (tertiary/aromatic N) is 3. The Kier molecular flexibility index (Phi) is 4.09. The summed E-state index contributed by atoms with van der Waals surface area (Å²) >= 11 is 1.74. The fraction of sp³-hybridized carbons (Fsp3) is 0.273. The van der Waals surface area contributed by atoms with Gasteiger partial charge >= 0.3 is 0 Å². The number of thiazole rings is 1. The van der Waals surface area contributed by atoms with Crippen molar-refractivity contribution in [3.8, 4) is 0 Å². The molecule has 1 fully saturated rings. The lowest BCUT2D eigenvalue weighted by Gasteiger charge is -2.34. The Morgan fingerprint density at radius 3 is 2.68 bits per heavy atom. The standard InChI is InChI=1S/C22H22N4OS/c1-14-7-8-19-20(15(14)2)24-22(28-19)26-11-9-25(10-12-26)21(27)17-13-23-18-6-4-3-5-16(17)18/h3-8,13,23H,9-12H2,1-2H3. The first-order valence-corrected chi connectivity index (χ1v) is 10.4. The highest BCUT2D eigenvalue weighted by molar-refractivity contribution is 7.22. The van der Waals surface area contributed by atoms with E-state index in [1.165, 1.54) is 15.8 Å². The zero-order chi connectivity index (χ0) is 19.3. The number of aromatic nitrogens is 2. The van der Waals surface area contributed by atoms with Gasteiger partial charge in [0.1, 0.15) is 0 Å². The molecule has 2 aromatic heterocycles. The number of carbonyl (C=O) groups excluding carboxylic acids is 1. The summed E-state index contributed by atoms with van der Waals surface area (Å²) in [4.78, 5) is 25.4. The van der Waals surface area contributed by atoms with Gasteiger partial charge in [-0.1, -0.05) is 35.6 Å². The number of nitrogens with one attached hydrogen (secondary N) is 1. The van der Waals surface area contributed by atoms with E-state index in [4.69, 9.17) is 4.98 Å². The number of piperazine rings is 1. The Balaban J connectivity index is 1.34. The lowest BCUT2D eigenvalue weighted by Crippen LogP contribution is -2.48. The average molecular weight is 391 g/mol. The minimum Gasteiger partial charge on any atom is -0.360 e. The number of amides is 1. The molecule has 5 nitrogen and oxygen atoms in total. The van der Waals surface area contributed by atoms with Crippen LogP contribution in [0.25, 0.3) is 21.1 Å². The zero-order valence-electron chi connectivity index (χ0n) is 16.0. The molecule has 28 heavy (non-hydrogen) atoms. The molecule has 142 valence electrons. The predicted octanol–water partition coefficient (Wildman–Crippen LogP) is 4.36. The molecule has 4 aromatic rings. The van der Waals surface area contributed by atoms with Gasteiger partial charge in [-0.3, -0.25) is 4.79 Å². The number of fused-ring (bicyclic) bond motifs is 2. The van der Waals surface area contributed by atoms with Crippen LogP contribution < -0.4 is 4.90 Å². The molecular weight excluding hydrogens is 368 g/mol. The number of anilines is 1. The van der Waals surface area contributed by atoms with Crippen molar-refractivity contribution >= 4 is 43.5 Å². The second-order valence-corrected chi connectivity index (χ2v) is 8.39. The van der Waals surface area contributed by atoms with E-state index in [0.29, 0.717) is 13.1 Å². The maximum absolute atomic E-state index is 13.0. The number of para-hydroxylation sites is 1. The van der Waals surface area contributed by atoms with Gasteiger partial charge in [0.25, 0.3) is 5.91 Å². The third-order valence-corrected chi connectivity index (χ3v) is 6.81. The van der Waals surface area contributed by atoms with Crippen molar-refractivity contribution in [2.75, 3.05) is 31.1 Å². The smallest absolute Gasteiger partial charge is 0.256 e. The van der Waals surface area contributed by atoms with E-state index < -0.39 is 0 Å². The second kappa shape index (κ2) is 6.63. The highest BCUT2D eigenvalue weighted by Crippen LogP contribution is 2.32. The summed E-state index contributed by atoms with van der Waals surface area (Å²) in [6.45, 7) is 7.32. The Bertz CT molecular complexity index is 1180. The lowest BCUT2D eigenvalue weighted by molar-refractivity contribution is 0.0749. The van der Waals surface area contributed by atoms with Crippen molar-refractivity contribution in [2.45, 2.75) is 13.8 Å². The van der Waals surface area contributed by atoms with Crippen LogP contribution in [0, 0.1) is 13.8 Å².